The molecule has 0 aliphatic heterocycles. The monoisotopic (exact) mass is 216 g/mol. The quantitative estimate of drug-likeness (QED) is 0.664. The third-order valence-electron chi connectivity index (χ3n) is 2.10. The van der Waals surface area contributed by atoms with Gasteiger partial charge in [-0.2, -0.15) is 0 Å². The average molecular weight is 216 g/mol. The number of aryl methyl sites for hydroxylation is 1. The van der Waals surface area contributed by atoms with Gasteiger partial charge in [0.05, 0.1) is 6.33 Å². The number of hydrogen-bond acceptors (Lipinski definition) is 4. The second-order valence-corrected chi connectivity index (χ2v) is 5.17. The van der Waals surface area contributed by atoms with Gasteiger partial charge >= 0.3 is 0 Å². The summed E-state index contributed by atoms with van der Waals surface area (Å²) in [6, 6.07) is -0.171. The van der Waals surface area contributed by atoms with Crippen molar-refractivity contribution in [1.82, 2.24) is 14.3 Å². The summed E-state index contributed by atoms with van der Waals surface area (Å²) in [6.45, 7) is 0. The summed E-state index contributed by atoms with van der Waals surface area (Å²) < 4.78 is 27.3. The van der Waals surface area contributed by atoms with Crippen LogP contribution in [0.4, 0.5) is 0 Å². The highest BCUT2D eigenvalue weighted by Gasteiger charge is 2.37. The summed E-state index contributed by atoms with van der Waals surface area (Å²) in [5, 5.41) is 0.0408. The summed E-state index contributed by atoms with van der Waals surface area (Å²) in [7, 11) is -1.75. The van der Waals surface area contributed by atoms with Crippen LogP contribution in [0.2, 0.25) is 0 Å². The van der Waals surface area contributed by atoms with Gasteiger partial charge in [0, 0.05) is 25.3 Å². The van der Waals surface area contributed by atoms with Crippen molar-refractivity contribution < 1.29 is 8.42 Å². The van der Waals surface area contributed by atoms with Crippen LogP contribution in [0.1, 0.15) is 6.42 Å². The molecule has 1 aliphatic rings. The smallest absolute Gasteiger partial charge is 0.259 e. The average Bonchev–Trinajstić information content (AvgIpc) is 2.61. The van der Waals surface area contributed by atoms with Gasteiger partial charge in [0.2, 0.25) is 0 Å². The van der Waals surface area contributed by atoms with Gasteiger partial charge in [-0.1, -0.05) is 0 Å². The van der Waals surface area contributed by atoms with Gasteiger partial charge < -0.3 is 10.3 Å². The lowest BCUT2D eigenvalue weighted by Gasteiger charge is -2.01. The highest BCUT2D eigenvalue weighted by atomic mass is 32.2. The molecule has 0 aromatic carbocycles. The van der Waals surface area contributed by atoms with Crippen molar-refractivity contribution in [3.63, 3.8) is 0 Å². The Morgan fingerprint density at radius 1 is 1.71 bits per heavy atom. The van der Waals surface area contributed by atoms with E-state index in [2.05, 4.69) is 9.71 Å². The van der Waals surface area contributed by atoms with E-state index >= 15 is 0 Å². The fraction of sp³-hybridized carbons (Fsp3) is 0.571. The highest BCUT2D eigenvalue weighted by Crippen LogP contribution is 2.20. The molecule has 0 saturated heterocycles. The second kappa shape index (κ2) is 3.04. The summed E-state index contributed by atoms with van der Waals surface area (Å²) in [6.07, 6.45) is 3.60. The van der Waals surface area contributed by atoms with Crippen LogP contribution >= 0.6 is 0 Å². The van der Waals surface area contributed by atoms with Gasteiger partial charge in [0.15, 0.2) is 5.03 Å². The van der Waals surface area contributed by atoms with E-state index in [0.717, 1.165) is 0 Å². The van der Waals surface area contributed by atoms with Gasteiger partial charge in [-0.3, -0.25) is 0 Å². The molecule has 14 heavy (non-hydrogen) atoms. The Balaban J connectivity index is 2.16. The molecule has 2 atom stereocenters. The minimum absolute atomic E-state index is 0.0408. The van der Waals surface area contributed by atoms with E-state index in [-0.39, 0.29) is 17.1 Å². The van der Waals surface area contributed by atoms with E-state index in [4.69, 9.17) is 5.73 Å². The van der Waals surface area contributed by atoms with Crippen molar-refractivity contribution in [3.05, 3.63) is 12.5 Å². The highest BCUT2D eigenvalue weighted by molar-refractivity contribution is 7.89. The van der Waals surface area contributed by atoms with Crippen LogP contribution < -0.4 is 10.5 Å². The number of aromatic nitrogens is 2. The van der Waals surface area contributed by atoms with E-state index in [0.29, 0.717) is 6.42 Å². The molecule has 1 aliphatic carbocycles. The molecule has 0 spiro atoms. The van der Waals surface area contributed by atoms with Gasteiger partial charge in [-0.05, 0) is 6.42 Å². The molecule has 78 valence electrons. The Hall–Kier alpha value is -0.920. The predicted octanol–water partition coefficient (Wildman–Crippen LogP) is -1.20. The lowest BCUT2D eigenvalue weighted by atomic mass is 10.7. The number of nitrogens with one attached hydrogen (secondary N) is 1. The van der Waals surface area contributed by atoms with Crippen molar-refractivity contribution in [3.8, 4) is 0 Å². The molecule has 0 amide bonds. The number of imidazole rings is 1. The largest absolute Gasteiger partial charge is 0.339 e. The summed E-state index contributed by atoms with van der Waals surface area (Å²) in [5.74, 6) is 0. The minimum Gasteiger partial charge on any atom is -0.339 e. The summed E-state index contributed by atoms with van der Waals surface area (Å²) in [5.41, 5.74) is 5.50. The number of nitrogens with two attached hydrogens (primary N) is 1. The molecule has 1 aromatic heterocycles. The number of hydrogen-bond donors (Lipinski definition) is 2. The zero-order chi connectivity index (χ0) is 10.3. The van der Waals surface area contributed by atoms with Crippen LogP contribution in [-0.4, -0.2) is 30.1 Å². The zero-order valence-corrected chi connectivity index (χ0v) is 8.53. The molecular formula is C7H12N4O2S. The van der Waals surface area contributed by atoms with E-state index in [1.165, 1.54) is 12.5 Å². The third-order valence-corrected chi connectivity index (χ3v) is 3.48. The van der Waals surface area contributed by atoms with Crippen LogP contribution in [-0.2, 0) is 17.1 Å². The van der Waals surface area contributed by atoms with Crippen molar-refractivity contribution >= 4 is 10.0 Å². The molecule has 3 N–H and O–H groups in total. The first-order valence-electron chi connectivity index (χ1n) is 4.25. The van der Waals surface area contributed by atoms with Crippen LogP contribution in [0.25, 0.3) is 0 Å². The molecule has 1 heterocycles. The summed E-state index contributed by atoms with van der Waals surface area (Å²) in [4.78, 5) is 3.77. The van der Waals surface area contributed by atoms with Crippen LogP contribution in [0, 0.1) is 0 Å². The maximum atomic E-state index is 11.6. The molecule has 1 aromatic rings. The Bertz CT molecular complexity index is 438. The molecule has 1 saturated carbocycles. The lowest BCUT2D eigenvalue weighted by molar-refractivity contribution is 0.576. The number of nitrogens with zero attached hydrogens (tertiary/aromatic N) is 2. The molecule has 6 nitrogen and oxygen atoms in total. The van der Waals surface area contributed by atoms with Crippen LogP contribution in [0.3, 0.4) is 0 Å². The molecule has 2 unspecified atom stereocenters. The predicted molar refractivity (Wildman–Crippen MR) is 49.9 cm³/mol. The van der Waals surface area contributed by atoms with E-state index in [9.17, 15) is 8.42 Å². The van der Waals surface area contributed by atoms with E-state index in [1.54, 1.807) is 11.6 Å². The normalized spacial score (nSPS) is 26.4. The third kappa shape index (κ3) is 1.79. The van der Waals surface area contributed by atoms with Crippen molar-refractivity contribution in [2.24, 2.45) is 12.8 Å². The van der Waals surface area contributed by atoms with Gasteiger partial charge in [-0.15, -0.1) is 0 Å². The van der Waals surface area contributed by atoms with Crippen molar-refractivity contribution in [2.75, 3.05) is 0 Å². The Morgan fingerprint density at radius 2 is 2.36 bits per heavy atom. The topological polar surface area (TPSA) is 90.0 Å². The fourth-order valence-corrected chi connectivity index (χ4v) is 2.42. The minimum atomic E-state index is -3.47. The first-order valence-corrected chi connectivity index (χ1v) is 5.73. The fourth-order valence-electron chi connectivity index (χ4n) is 1.14. The molecule has 7 heteroatoms. The number of sulfonamides is 1. The van der Waals surface area contributed by atoms with Gasteiger partial charge in [0.25, 0.3) is 10.0 Å². The first-order chi connectivity index (χ1) is 6.49. The Labute approximate surface area is 82.2 Å². The zero-order valence-electron chi connectivity index (χ0n) is 7.71. The van der Waals surface area contributed by atoms with Crippen LogP contribution in [0.15, 0.2) is 17.6 Å². The molecule has 0 radical (unpaired) electrons. The molecule has 2 rings (SSSR count). The first kappa shape index (κ1) is 9.63. The van der Waals surface area contributed by atoms with E-state index < -0.39 is 10.0 Å². The molecule has 0 bridgehead atoms. The maximum Gasteiger partial charge on any atom is 0.259 e. The standard InChI is InChI=1S/C7H12N4O2S/c1-11-3-7(9-4-11)14(12,13)10-6-2-5(6)8/h3-6,10H,2,8H2,1H3. The lowest BCUT2D eigenvalue weighted by Crippen LogP contribution is -2.30. The van der Waals surface area contributed by atoms with Crippen molar-refractivity contribution in [2.45, 2.75) is 23.5 Å². The molecular weight excluding hydrogens is 204 g/mol. The van der Waals surface area contributed by atoms with E-state index in [1.807, 2.05) is 0 Å². The van der Waals surface area contributed by atoms with Crippen LogP contribution in [0.5, 0.6) is 0 Å². The Kier molecular flexibility index (Phi) is 2.09. The maximum absolute atomic E-state index is 11.6. The number of rotatable bonds is 3. The SMILES string of the molecule is Cn1cnc(S(=O)(=O)NC2CC2N)c1. The molecule has 1 fully saturated rings. The van der Waals surface area contributed by atoms with Crippen molar-refractivity contribution in [1.29, 1.82) is 0 Å². The second-order valence-electron chi connectivity index (χ2n) is 3.50. The summed E-state index contributed by atoms with van der Waals surface area (Å²) >= 11 is 0. The Morgan fingerprint density at radius 3 is 2.79 bits per heavy atom. The van der Waals surface area contributed by atoms with Gasteiger partial charge in [-0.25, -0.2) is 18.1 Å². The van der Waals surface area contributed by atoms with Gasteiger partial charge in [0.1, 0.15) is 0 Å².